The number of hydrogen-bond donors (Lipinski definition) is 1. The number of sulfonamides is 1. The van der Waals surface area contributed by atoms with E-state index in [1.54, 1.807) is 42.5 Å². The molecule has 4 aromatic rings. The summed E-state index contributed by atoms with van der Waals surface area (Å²) in [7, 11) is -4.29. The molecular formula is C36H38Cl3N3O5S. The number of amides is 2. The van der Waals surface area contributed by atoms with Crippen molar-refractivity contribution in [1.29, 1.82) is 0 Å². The number of halogens is 3. The number of carbonyl (C=O) groups excluding carboxylic acids is 2. The maximum absolute atomic E-state index is 14.6. The van der Waals surface area contributed by atoms with Gasteiger partial charge in [-0.15, -0.1) is 0 Å². The molecule has 0 radical (unpaired) electrons. The molecule has 4 rings (SSSR count). The highest BCUT2D eigenvalue weighted by Crippen LogP contribution is 2.29. The number of hydrogen-bond acceptors (Lipinski definition) is 5. The molecule has 48 heavy (non-hydrogen) atoms. The highest BCUT2D eigenvalue weighted by Gasteiger charge is 2.35. The van der Waals surface area contributed by atoms with Gasteiger partial charge in [0.25, 0.3) is 10.0 Å². The van der Waals surface area contributed by atoms with Crippen molar-refractivity contribution in [2.45, 2.75) is 57.1 Å². The van der Waals surface area contributed by atoms with Gasteiger partial charge in [0, 0.05) is 24.0 Å². The first-order chi connectivity index (χ1) is 22.9. The Balaban J connectivity index is 1.82. The molecule has 0 fully saturated rings. The second-order valence-corrected chi connectivity index (χ2v) is 14.3. The van der Waals surface area contributed by atoms with Crippen molar-refractivity contribution in [3.63, 3.8) is 0 Å². The minimum atomic E-state index is -4.29. The van der Waals surface area contributed by atoms with E-state index >= 15 is 0 Å². The van der Waals surface area contributed by atoms with Crippen LogP contribution in [-0.2, 0) is 32.6 Å². The van der Waals surface area contributed by atoms with E-state index in [1.807, 2.05) is 51.1 Å². The second kappa shape index (κ2) is 17.1. The largest absolute Gasteiger partial charge is 0.494 e. The van der Waals surface area contributed by atoms with E-state index in [0.29, 0.717) is 34.4 Å². The van der Waals surface area contributed by atoms with E-state index in [-0.39, 0.29) is 40.5 Å². The molecule has 0 aliphatic heterocycles. The summed E-state index contributed by atoms with van der Waals surface area (Å²) < 4.78 is 35.0. The average Bonchev–Trinajstić information content (AvgIpc) is 3.07. The minimum absolute atomic E-state index is 0.0424. The lowest BCUT2D eigenvalue weighted by molar-refractivity contribution is -0.140. The van der Waals surface area contributed by atoms with Crippen LogP contribution in [0.2, 0.25) is 15.1 Å². The van der Waals surface area contributed by atoms with Crippen molar-refractivity contribution in [1.82, 2.24) is 10.2 Å². The molecule has 2 atom stereocenters. The van der Waals surface area contributed by atoms with Gasteiger partial charge in [-0.3, -0.25) is 13.9 Å². The van der Waals surface area contributed by atoms with Gasteiger partial charge in [-0.2, -0.15) is 0 Å². The third kappa shape index (κ3) is 9.66. The molecule has 4 aromatic carbocycles. The fourth-order valence-electron chi connectivity index (χ4n) is 4.97. The van der Waals surface area contributed by atoms with Crippen LogP contribution < -0.4 is 14.4 Å². The van der Waals surface area contributed by atoms with Crippen LogP contribution in [0, 0.1) is 0 Å². The van der Waals surface area contributed by atoms with E-state index in [1.165, 1.54) is 29.2 Å². The van der Waals surface area contributed by atoms with Crippen molar-refractivity contribution >= 4 is 62.3 Å². The Morgan fingerprint density at radius 1 is 0.833 bits per heavy atom. The highest BCUT2D eigenvalue weighted by atomic mass is 35.5. The topological polar surface area (TPSA) is 96.0 Å². The lowest BCUT2D eigenvalue weighted by Crippen LogP contribution is -2.54. The van der Waals surface area contributed by atoms with Crippen LogP contribution in [-0.4, -0.2) is 50.4 Å². The normalized spacial score (nSPS) is 12.5. The molecule has 8 nitrogen and oxygen atoms in total. The molecule has 2 amide bonds. The number of rotatable bonds is 15. The Bertz CT molecular complexity index is 1790. The molecule has 0 aliphatic carbocycles. The van der Waals surface area contributed by atoms with Crippen LogP contribution in [0.25, 0.3) is 0 Å². The Labute approximate surface area is 297 Å². The predicted octanol–water partition coefficient (Wildman–Crippen LogP) is 7.80. The van der Waals surface area contributed by atoms with Crippen LogP contribution in [0.1, 0.15) is 38.3 Å². The van der Waals surface area contributed by atoms with Crippen molar-refractivity contribution in [2.75, 3.05) is 17.5 Å². The van der Waals surface area contributed by atoms with Crippen molar-refractivity contribution in [2.24, 2.45) is 0 Å². The van der Waals surface area contributed by atoms with Crippen LogP contribution in [0.4, 0.5) is 5.69 Å². The van der Waals surface area contributed by atoms with Gasteiger partial charge in [-0.1, -0.05) is 78.1 Å². The van der Waals surface area contributed by atoms with Gasteiger partial charge in [0.15, 0.2) is 0 Å². The first-order valence-electron chi connectivity index (χ1n) is 15.5. The monoisotopic (exact) mass is 729 g/mol. The molecule has 0 bridgehead atoms. The summed E-state index contributed by atoms with van der Waals surface area (Å²) in [5, 5.41) is 4.00. The number of nitrogens with zero attached hydrogens (tertiary/aromatic N) is 2. The smallest absolute Gasteiger partial charge is 0.264 e. The van der Waals surface area contributed by atoms with E-state index < -0.39 is 28.5 Å². The average molecular weight is 731 g/mol. The van der Waals surface area contributed by atoms with Crippen LogP contribution >= 0.6 is 34.8 Å². The summed E-state index contributed by atoms with van der Waals surface area (Å²) in [4.78, 5) is 29.9. The Morgan fingerprint density at radius 2 is 1.50 bits per heavy atom. The SMILES string of the molecule is CCOc1ccc(N(CC(=O)N(Cc2ccc(Cl)c(Cl)c2)[C@@H](Cc2ccccc2)C(=O)N[C@@H](C)CC)S(=O)(=O)c2ccc(Cl)cc2)cc1. The highest BCUT2D eigenvalue weighted by molar-refractivity contribution is 7.92. The molecule has 254 valence electrons. The zero-order valence-electron chi connectivity index (χ0n) is 26.9. The summed E-state index contributed by atoms with van der Waals surface area (Å²) >= 11 is 18.6. The number of nitrogens with one attached hydrogen (secondary N) is 1. The molecule has 0 aromatic heterocycles. The van der Waals surface area contributed by atoms with Crippen molar-refractivity contribution in [3.8, 4) is 5.75 Å². The summed E-state index contributed by atoms with van der Waals surface area (Å²) in [6.07, 6.45) is 0.860. The van der Waals surface area contributed by atoms with Crippen LogP contribution in [0.3, 0.4) is 0 Å². The molecule has 1 N–H and O–H groups in total. The molecule has 0 spiro atoms. The fraction of sp³-hybridized carbons (Fsp3) is 0.278. The zero-order chi connectivity index (χ0) is 34.8. The van der Waals surface area contributed by atoms with Crippen molar-refractivity contribution < 1.29 is 22.7 Å². The number of ether oxygens (including phenoxy) is 1. The number of carbonyl (C=O) groups is 2. The maximum Gasteiger partial charge on any atom is 0.264 e. The van der Waals surface area contributed by atoms with Crippen LogP contribution in [0.5, 0.6) is 5.75 Å². The van der Waals surface area contributed by atoms with Gasteiger partial charge < -0.3 is 15.0 Å². The second-order valence-electron chi connectivity index (χ2n) is 11.2. The standard InChI is InChI=1S/C36H38Cl3N3O5S/c1-4-25(3)40-36(44)34(22-26-9-7-6-8-10-26)41(23-27-11-20-32(38)33(39)21-27)35(43)24-42(29-14-16-30(17-15-29)47-5-2)48(45,46)31-18-12-28(37)13-19-31/h6-21,25,34H,4-5,22-24H2,1-3H3,(H,40,44)/t25-,34-/m0/s1. The molecule has 0 saturated heterocycles. The zero-order valence-corrected chi connectivity index (χ0v) is 30.0. The summed E-state index contributed by atoms with van der Waals surface area (Å²) in [5.74, 6) is -0.426. The van der Waals surface area contributed by atoms with E-state index in [2.05, 4.69) is 5.32 Å². The first kappa shape index (κ1) is 37.1. The van der Waals surface area contributed by atoms with Crippen LogP contribution in [0.15, 0.2) is 102 Å². The van der Waals surface area contributed by atoms with Gasteiger partial charge in [0.1, 0.15) is 18.3 Å². The minimum Gasteiger partial charge on any atom is -0.494 e. The number of benzene rings is 4. The van der Waals surface area contributed by atoms with Gasteiger partial charge in [-0.05, 0) is 92.1 Å². The quantitative estimate of drug-likeness (QED) is 0.135. The summed E-state index contributed by atoms with van der Waals surface area (Å²) in [6.45, 7) is 5.45. The third-order valence-corrected chi connectivity index (χ3v) is 10.5. The van der Waals surface area contributed by atoms with E-state index in [4.69, 9.17) is 39.5 Å². The summed E-state index contributed by atoms with van der Waals surface area (Å²) in [6, 6.07) is 25.3. The predicted molar refractivity (Wildman–Crippen MR) is 192 cm³/mol. The lowest BCUT2D eigenvalue weighted by atomic mass is 10.0. The summed E-state index contributed by atoms with van der Waals surface area (Å²) in [5.41, 5.74) is 1.67. The Kier molecular flexibility index (Phi) is 13.2. The maximum atomic E-state index is 14.6. The van der Waals surface area contributed by atoms with E-state index in [0.717, 1.165) is 9.87 Å². The Hall–Kier alpha value is -3.76. The van der Waals surface area contributed by atoms with Gasteiger partial charge >= 0.3 is 0 Å². The third-order valence-electron chi connectivity index (χ3n) is 7.73. The number of anilines is 1. The fourth-order valence-corrected chi connectivity index (χ4v) is 6.83. The Morgan fingerprint density at radius 3 is 2.10 bits per heavy atom. The molecule has 0 unspecified atom stereocenters. The van der Waals surface area contributed by atoms with E-state index in [9.17, 15) is 18.0 Å². The molecular weight excluding hydrogens is 693 g/mol. The van der Waals surface area contributed by atoms with Crippen molar-refractivity contribution in [3.05, 3.63) is 123 Å². The van der Waals surface area contributed by atoms with Gasteiger partial charge in [-0.25, -0.2) is 8.42 Å². The van der Waals surface area contributed by atoms with Gasteiger partial charge in [0.2, 0.25) is 11.8 Å². The lowest BCUT2D eigenvalue weighted by Gasteiger charge is -2.34. The first-order valence-corrected chi connectivity index (χ1v) is 18.1. The molecule has 0 heterocycles. The van der Waals surface area contributed by atoms with Gasteiger partial charge in [0.05, 0.1) is 27.2 Å². The molecule has 0 aliphatic rings. The molecule has 12 heteroatoms. The molecule has 0 saturated carbocycles.